The predicted molar refractivity (Wildman–Crippen MR) is 129 cm³/mol. The van der Waals surface area contributed by atoms with Gasteiger partial charge in [0.2, 0.25) is 11.8 Å². The molecule has 1 aliphatic carbocycles. The molecule has 192 valence electrons. The van der Waals surface area contributed by atoms with Crippen molar-refractivity contribution in [1.82, 2.24) is 15.3 Å². The van der Waals surface area contributed by atoms with E-state index in [0.717, 1.165) is 76.5 Å². The van der Waals surface area contributed by atoms with Gasteiger partial charge >= 0.3 is 0 Å². The molecule has 0 bridgehead atoms. The molecule has 35 heavy (non-hydrogen) atoms. The Labute approximate surface area is 204 Å². The van der Waals surface area contributed by atoms with Gasteiger partial charge in [-0.15, -0.1) is 0 Å². The van der Waals surface area contributed by atoms with E-state index in [1.807, 2.05) is 24.3 Å². The maximum absolute atomic E-state index is 14.3. The van der Waals surface area contributed by atoms with Gasteiger partial charge in [-0.3, -0.25) is 0 Å². The van der Waals surface area contributed by atoms with E-state index in [-0.39, 0.29) is 23.8 Å². The number of morpholine rings is 1. The fraction of sp³-hybridized carbons (Fsp3) is 0.600. The standard InChI is InChI=1S/C25H34F3N5O2/c1-17(25(2,27)28)30-19-5-3-18(4-6-19)16-35-23-22(26)15-29-24(32-23)31-20-7-9-21(10-8-20)33-11-13-34-14-12-33/h7-10,15,17-19,30H,3-6,11-14,16H2,1-2H3,(H,29,31,32)/t17?,18-,19-. The van der Waals surface area contributed by atoms with Crippen LogP contribution in [0.4, 0.5) is 30.5 Å². The summed E-state index contributed by atoms with van der Waals surface area (Å²) in [4.78, 5) is 10.5. The van der Waals surface area contributed by atoms with Crippen LogP contribution < -0.4 is 20.3 Å². The highest BCUT2D eigenvalue weighted by Gasteiger charge is 2.33. The zero-order valence-electron chi connectivity index (χ0n) is 20.3. The molecule has 2 heterocycles. The molecule has 1 aromatic carbocycles. The lowest BCUT2D eigenvalue weighted by Crippen LogP contribution is -2.47. The number of nitrogens with zero attached hydrogens (tertiary/aromatic N) is 3. The minimum atomic E-state index is -2.75. The second-order valence-electron chi connectivity index (χ2n) is 9.49. The van der Waals surface area contributed by atoms with Crippen molar-refractivity contribution >= 4 is 17.3 Å². The summed E-state index contributed by atoms with van der Waals surface area (Å²) in [7, 11) is 0. The Morgan fingerprint density at radius 3 is 2.49 bits per heavy atom. The molecule has 2 N–H and O–H groups in total. The Bertz CT molecular complexity index is 943. The van der Waals surface area contributed by atoms with Crippen LogP contribution >= 0.6 is 0 Å². The molecular weight excluding hydrogens is 459 g/mol. The van der Waals surface area contributed by atoms with Gasteiger partial charge in [0, 0.05) is 37.4 Å². The monoisotopic (exact) mass is 493 g/mol. The second kappa shape index (κ2) is 11.4. The quantitative estimate of drug-likeness (QED) is 0.522. The van der Waals surface area contributed by atoms with Crippen molar-refractivity contribution in [2.45, 2.75) is 57.5 Å². The number of benzene rings is 1. The van der Waals surface area contributed by atoms with E-state index in [9.17, 15) is 13.2 Å². The van der Waals surface area contributed by atoms with Crippen LogP contribution in [0.3, 0.4) is 0 Å². The third kappa shape index (κ3) is 7.20. The van der Waals surface area contributed by atoms with Gasteiger partial charge in [-0.25, -0.2) is 13.8 Å². The zero-order valence-corrected chi connectivity index (χ0v) is 20.3. The molecule has 1 aliphatic heterocycles. The molecule has 1 aromatic heterocycles. The molecule has 2 aromatic rings. The summed E-state index contributed by atoms with van der Waals surface area (Å²) in [6.07, 6.45) is 4.32. The summed E-state index contributed by atoms with van der Waals surface area (Å²) in [5.41, 5.74) is 1.91. The molecule has 0 radical (unpaired) electrons. The van der Waals surface area contributed by atoms with Crippen LogP contribution in [0.2, 0.25) is 0 Å². The Kier molecular flexibility index (Phi) is 8.33. The highest BCUT2D eigenvalue weighted by Crippen LogP contribution is 2.28. The van der Waals surface area contributed by atoms with Gasteiger partial charge in [-0.2, -0.15) is 9.37 Å². The Morgan fingerprint density at radius 1 is 1.14 bits per heavy atom. The topological polar surface area (TPSA) is 71.5 Å². The lowest BCUT2D eigenvalue weighted by molar-refractivity contribution is -0.0180. The summed E-state index contributed by atoms with van der Waals surface area (Å²) in [6, 6.07) is 7.09. The third-order valence-electron chi connectivity index (χ3n) is 6.76. The fourth-order valence-electron chi connectivity index (χ4n) is 4.41. The predicted octanol–water partition coefficient (Wildman–Crippen LogP) is 4.77. The average Bonchev–Trinajstić information content (AvgIpc) is 2.85. The number of aromatic nitrogens is 2. The van der Waals surface area contributed by atoms with E-state index in [0.29, 0.717) is 6.61 Å². The average molecular weight is 494 g/mol. The fourth-order valence-corrected chi connectivity index (χ4v) is 4.41. The number of hydrogen-bond donors (Lipinski definition) is 2. The molecule has 1 saturated heterocycles. The summed E-state index contributed by atoms with van der Waals surface area (Å²) in [6.45, 7) is 5.94. The Hall–Kier alpha value is -2.59. The van der Waals surface area contributed by atoms with Gasteiger partial charge in [0.25, 0.3) is 11.8 Å². The van der Waals surface area contributed by atoms with Gasteiger partial charge in [0.05, 0.1) is 32.1 Å². The molecule has 10 heteroatoms. The lowest BCUT2D eigenvalue weighted by Gasteiger charge is -2.32. The molecule has 0 spiro atoms. The zero-order chi connectivity index (χ0) is 24.8. The van der Waals surface area contributed by atoms with Crippen LogP contribution in [-0.2, 0) is 4.74 Å². The van der Waals surface area contributed by atoms with Crippen molar-refractivity contribution in [3.8, 4) is 5.88 Å². The second-order valence-corrected chi connectivity index (χ2v) is 9.49. The van der Waals surface area contributed by atoms with E-state index in [1.54, 1.807) is 0 Å². The summed E-state index contributed by atoms with van der Waals surface area (Å²) in [5.74, 6) is -2.98. The third-order valence-corrected chi connectivity index (χ3v) is 6.76. The number of rotatable bonds is 9. The SMILES string of the molecule is CC(N[C@H]1CC[C@H](COc2nc(Nc3ccc(N4CCOCC4)cc3)ncc2F)CC1)C(C)(F)F. The molecule has 2 aliphatic rings. The number of halogens is 3. The van der Waals surface area contributed by atoms with Crippen LogP contribution in [0.5, 0.6) is 5.88 Å². The molecule has 1 atom stereocenters. The summed E-state index contributed by atoms with van der Waals surface area (Å²) < 4.78 is 52.2. The molecule has 7 nitrogen and oxygen atoms in total. The number of alkyl halides is 2. The van der Waals surface area contributed by atoms with Crippen molar-refractivity contribution < 1.29 is 22.6 Å². The number of ether oxygens (including phenoxy) is 2. The summed E-state index contributed by atoms with van der Waals surface area (Å²) >= 11 is 0. The minimum Gasteiger partial charge on any atom is -0.475 e. The molecule has 2 fully saturated rings. The van der Waals surface area contributed by atoms with Gasteiger partial charge in [-0.05, 0) is 62.8 Å². The highest BCUT2D eigenvalue weighted by atomic mass is 19.3. The van der Waals surface area contributed by atoms with E-state index in [1.165, 1.54) is 6.92 Å². The van der Waals surface area contributed by atoms with Crippen molar-refractivity contribution in [3.05, 3.63) is 36.3 Å². The van der Waals surface area contributed by atoms with Crippen molar-refractivity contribution in [3.63, 3.8) is 0 Å². The molecule has 1 saturated carbocycles. The largest absolute Gasteiger partial charge is 0.475 e. The normalized spacial score (nSPS) is 22.0. The molecule has 1 unspecified atom stereocenters. The van der Waals surface area contributed by atoms with Crippen LogP contribution in [0.1, 0.15) is 39.5 Å². The number of anilines is 3. The van der Waals surface area contributed by atoms with Crippen LogP contribution in [-0.4, -0.2) is 60.9 Å². The number of hydrogen-bond acceptors (Lipinski definition) is 7. The van der Waals surface area contributed by atoms with Gasteiger partial charge < -0.3 is 25.0 Å². The van der Waals surface area contributed by atoms with E-state index < -0.39 is 17.8 Å². The summed E-state index contributed by atoms with van der Waals surface area (Å²) in [5, 5.41) is 6.12. The maximum Gasteiger partial charge on any atom is 0.260 e. The van der Waals surface area contributed by atoms with Crippen LogP contribution in [0, 0.1) is 11.7 Å². The van der Waals surface area contributed by atoms with Crippen molar-refractivity contribution in [2.75, 3.05) is 43.1 Å². The number of nitrogens with one attached hydrogen (secondary N) is 2. The maximum atomic E-state index is 14.3. The smallest absolute Gasteiger partial charge is 0.260 e. The first-order valence-corrected chi connectivity index (χ1v) is 12.3. The first-order chi connectivity index (χ1) is 16.8. The van der Waals surface area contributed by atoms with Crippen molar-refractivity contribution in [2.24, 2.45) is 5.92 Å². The minimum absolute atomic E-state index is 0.0632. The van der Waals surface area contributed by atoms with Crippen molar-refractivity contribution in [1.29, 1.82) is 0 Å². The van der Waals surface area contributed by atoms with E-state index in [4.69, 9.17) is 9.47 Å². The van der Waals surface area contributed by atoms with E-state index >= 15 is 0 Å². The van der Waals surface area contributed by atoms with Crippen LogP contribution in [0.25, 0.3) is 0 Å². The Morgan fingerprint density at radius 2 is 1.83 bits per heavy atom. The molecular formula is C25H34F3N5O2. The first kappa shape index (κ1) is 25.5. The molecule has 0 amide bonds. The molecule has 4 rings (SSSR count). The lowest BCUT2D eigenvalue weighted by atomic mass is 9.86. The van der Waals surface area contributed by atoms with Gasteiger partial charge in [-0.1, -0.05) is 0 Å². The Balaban J connectivity index is 1.26. The van der Waals surface area contributed by atoms with E-state index in [2.05, 4.69) is 25.5 Å². The highest BCUT2D eigenvalue weighted by molar-refractivity contribution is 5.59. The van der Waals surface area contributed by atoms with Crippen LogP contribution in [0.15, 0.2) is 30.5 Å². The first-order valence-electron chi connectivity index (χ1n) is 12.3. The van der Waals surface area contributed by atoms with Gasteiger partial charge in [0.15, 0.2) is 0 Å². The van der Waals surface area contributed by atoms with Gasteiger partial charge in [0.1, 0.15) is 0 Å².